The quantitative estimate of drug-likeness (QED) is 0.567. The molecule has 0 amide bonds. The molecule has 166 valence electrons. The van der Waals surface area contributed by atoms with E-state index < -0.39 is 0 Å². The summed E-state index contributed by atoms with van der Waals surface area (Å²) in [5, 5.41) is 0. The van der Waals surface area contributed by atoms with E-state index >= 15 is 0 Å². The number of nitrogens with zero attached hydrogens (tertiary/aromatic N) is 3. The summed E-state index contributed by atoms with van der Waals surface area (Å²) in [7, 11) is 1.67. The third kappa shape index (κ3) is 5.71. The average molecular weight is 434 g/mol. The number of ether oxygens (including phenoxy) is 2. The summed E-state index contributed by atoms with van der Waals surface area (Å²) in [5.74, 6) is 0.683. The van der Waals surface area contributed by atoms with Gasteiger partial charge in [-0.2, -0.15) is 0 Å². The van der Waals surface area contributed by atoms with E-state index in [2.05, 4.69) is 53.8 Å². The van der Waals surface area contributed by atoms with Crippen molar-refractivity contribution in [2.75, 3.05) is 33.4 Å². The molecule has 0 saturated carbocycles. The Labute approximate surface area is 187 Å². The Hall–Kier alpha value is -1.69. The molecule has 0 N–H and O–H groups in total. The molecule has 0 spiro atoms. The van der Waals surface area contributed by atoms with Gasteiger partial charge in [-0.05, 0) is 76.8 Å². The van der Waals surface area contributed by atoms with Crippen LogP contribution >= 0.6 is 12.4 Å². The summed E-state index contributed by atoms with van der Waals surface area (Å²) in [4.78, 5) is 11.4. The molecule has 1 fully saturated rings. The van der Waals surface area contributed by atoms with Gasteiger partial charge in [-0.15, -0.1) is 12.4 Å². The van der Waals surface area contributed by atoms with E-state index in [1.54, 1.807) is 7.11 Å². The van der Waals surface area contributed by atoms with E-state index in [0.717, 1.165) is 51.3 Å². The van der Waals surface area contributed by atoms with Gasteiger partial charge < -0.3 is 9.47 Å². The van der Waals surface area contributed by atoms with Gasteiger partial charge >= 0.3 is 0 Å². The predicted octanol–water partition coefficient (Wildman–Crippen LogP) is 4.81. The van der Waals surface area contributed by atoms with Crippen LogP contribution in [0.25, 0.3) is 0 Å². The topological polar surface area (TPSA) is 47.5 Å². The number of aryl methyl sites for hydroxylation is 2. The van der Waals surface area contributed by atoms with Crippen LogP contribution in [0.1, 0.15) is 50.4 Å². The van der Waals surface area contributed by atoms with Gasteiger partial charge in [0.2, 0.25) is 5.88 Å². The van der Waals surface area contributed by atoms with Gasteiger partial charge in [0.1, 0.15) is 0 Å². The first kappa shape index (κ1) is 24.6. The fourth-order valence-electron chi connectivity index (χ4n) is 4.26. The number of hydrogen-bond donors (Lipinski definition) is 0. The highest BCUT2D eigenvalue weighted by Crippen LogP contribution is 2.41. The summed E-state index contributed by atoms with van der Waals surface area (Å²) in [6, 6.07) is 8.46. The number of pyridine rings is 2. The molecule has 0 radical (unpaired) electrons. The number of likely N-dealkylation sites (tertiary alicyclic amines) is 1. The van der Waals surface area contributed by atoms with Gasteiger partial charge in [0, 0.05) is 48.3 Å². The van der Waals surface area contributed by atoms with Gasteiger partial charge in [-0.1, -0.05) is 6.07 Å². The average Bonchev–Trinajstić information content (AvgIpc) is 3.17. The molecule has 0 aliphatic carbocycles. The van der Waals surface area contributed by atoms with Gasteiger partial charge in [-0.25, -0.2) is 4.98 Å². The van der Waals surface area contributed by atoms with E-state index in [9.17, 15) is 0 Å². The molecule has 2 aromatic heterocycles. The largest absolute Gasteiger partial charge is 0.481 e. The molecule has 0 bridgehead atoms. The Kier molecular flexibility index (Phi) is 8.65. The molecule has 0 unspecified atom stereocenters. The lowest BCUT2D eigenvalue weighted by molar-refractivity contribution is 0.0384. The summed E-state index contributed by atoms with van der Waals surface area (Å²) < 4.78 is 11.2. The summed E-state index contributed by atoms with van der Waals surface area (Å²) in [6.45, 7) is 12.4. The van der Waals surface area contributed by atoms with Crippen molar-refractivity contribution in [1.29, 1.82) is 0 Å². The maximum atomic E-state index is 5.96. The van der Waals surface area contributed by atoms with Crippen LogP contribution in [0.5, 0.6) is 5.88 Å². The number of halogens is 1. The highest BCUT2D eigenvalue weighted by Gasteiger charge is 2.43. The van der Waals surface area contributed by atoms with Crippen molar-refractivity contribution >= 4 is 12.4 Å². The number of methoxy groups -OCH3 is 1. The van der Waals surface area contributed by atoms with Crippen LogP contribution in [0, 0.1) is 12.3 Å². The third-order valence-electron chi connectivity index (χ3n) is 6.41. The molecular weight excluding hydrogens is 398 g/mol. The zero-order valence-electron chi connectivity index (χ0n) is 19.0. The highest BCUT2D eigenvalue weighted by atomic mass is 35.5. The SMILES string of the molecule is CCOC[C@@]1(CCc2ccnc(OC)c2)CCN(C(C)(C)c2ccc(C)nc2)C1.Cl. The van der Waals surface area contributed by atoms with E-state index in [0.29, 0.717) is 5.88 Å². The molecule has 1 atom stereocenters. The molecule has 1 aliphatic heterocycles. The van der Waals surface area contributed by atoms with Crippen molar-refractivity contribution < 1.29 is 9.47 Å². The summed E-state index contributed by atoms with van der Waals surface area (Å²) >= 11 is 0. The van der Waals surface area contributed by atoms with Crippen molar-refractivity contribution in [3.8, 4) is 5.88 Å². The molecule has 6 heteroatoms. The van der Waals surface area contributed by atoms with Crippen molar-refractivity contribution in [3.63, 3.8) is 0 Å². The van der Waals surface area contributed by atoms with Gasteiger partial charge in [0.05, 0.1) is 13.7 Å². The fourth-order valence-corrected chi connectivity index (χ4v) is 4.26. The molecule has 1 saturated heterocycles. The van der Waals surface area contributed by atoms with Crippen LogP contribution < -0.4 is 4.74 Å². The van der Waals surface area contributed by atoms with Crippen LogP contribution in [-0.4, -0.2) is 48.3 Å². The molecule has 0 aromatic carbocycles. The minimum absolute atomic E-state index is 0. The van der Waals surface area contributed by atoms with E-state index in [1.165, 1.54) is 11.1 Å². The first-order valence-electron chi connectivity index (χ1n) is 10.6. The molecule has 30 heavy (non-hydrogen) atoms. The second kappa shape index (κ2) is 10.6. The minimum Gasteiger partial charge on any atom is -0.481 e. The first-order chi connectivity index (χ1) is 13.9. The van der Waals surface area contributed by atoms with Crippen molar-refractivity contribution in [2.45, 2.75) is 52.5 Å². The maximum Gasteiger partial charge on any atom is 0.213 e. The molecule has 3 rings (SSSR count). The normalized spacial score (nSPS) is 19.5. The van der Waals surface area contributed by atoms with Crippen molar-refractivity contribution in [1.82, 2.24) is 14.9 Å². The van der Waals surface area contributed by atoms with Gasteiger partial charge in [0.15, 0.2) is 0 Å². The standard InChI is InChI=1S/C24H35N3O2.ClH/c1-6-29-18-24(11-9-20-10-13-25-22(15-20)28-5)12-14-27(17-24)23(3,4)21-8-7-19(2)26-16-21;/h7-8,10,13,15-16H,6,9,11-12,14,17-18H2,1-5H3;1H/t24-;/m0./s1. The van der Waals surface area contributed by atoms with Crippen LogP contribution in [-0.2, 0) is 16.7 Å². The first-order valence-corrected chi connectivity index (χ1v) is 10.6. The van der Waals surface area contributed by atoms with Crippen LogP contribution in [0.2, 0.25) is 0 Å². The Morgan fingerprint density at radius 3 is 2.67 bits per heavy atom. The van der Waals surface area contributed by atoms with Crippen LogP contribution in [0.4, 0.5) is 0 Å². The number of aromatic nitrogens is 2. The van der Waals surface area contributed by atoms with Crippen molar-refractivity contribution in [2.24, 2.45) is 5.41 Å². The van der Waals surface area contributed by atoms with Crippen LogP contribution in [0.3, 0.4) is 0 Å². The number of hydrogen-bond acceptors (Lipinski definition) is 5. The lowest BCUT2D eigenvalue weighted by Crippen LogP contribution is -2.42. The Morgan fingerprint density at radius 2 is 2.00 bits per heavy atom. The zero-order valence-corrected chi connectivity index (χ0v) is 19.8. The molecule has 3 heterocycles. The molecule has 1 aliphatic rings. The lowest BCUT2D eigenvalue weighted by atomic mass is 9.81. The molecule has 5 nitrogen and oxygen atoms in total. The minimum atomic E-state index is -0.0471. The maximum absolute atomic E-state index is 5.96. The Morgan fingerprint density at radius 1 is 1.20 bits per heavy atom. The second-order valence-corrected chi connectivity index (χ2v) is 8.76. The highest BCUT2D eigenvalue weighted by molar-refractivity contribution is 5.85. The monoisotopic (exact) mass is 433 g/mol. The van der Waals surface area contributed by atoms with Crippen molar-refractivity contribution in [3.05, 3.63) is 53.5 Å². The van der Waals surface area contributed by atoms with E-state index in [1.807, 2.05) is 25.4 Å². The molecular formula is C24H36ClN3O2. The molecule has 2 aromatic rings. The van der Waals surface area contributed by atoms with E-state index in [4.69, 9.17) is 9.47 Å². The second-order valence-electron chi connectivity index (χ2n) is 8.76. The fraction of sp³-hybridized carbons (Fsp3) is 0.583. The van der Waals surface area contributed by atoms with Crippen LogP contribution in [0.15, 0.2) is 36.7 Å². The lowest BCUT2D eigenvalue weighted by Gasteiger charge is -2.38. The Balaban J connectivity index is 0.00000320. The predicted molar refractivity (Wildman–Crippen MR) is 123 cm³/mol. The summed E-state index contributed by atoms with van der Waals surface area (Å²) in [6.07, 6.45) is 7.11. The Bertz CT molecular complexity index is 797. The number of rotatable bonds is 9. The summed E-state index contributed by atoms with van der Waals surface area (Å²) in [5.41, 5.74) is 3.73. The zero-order chi connectivity index (χ0) is 20.9. The third-order valence-corrected chi connectivity index (χ3v) is 6.41. The smallest absolute Gasteiger partial charge is 0.213 e. The van der Waals surface area contributed by atoms with Gasteiger partial charge in [-0.3, -0.25) is 9.88 Å². The van der Waals surface area contributed by atoms with E-state index in [-0.39, 0.29) is 23.4 Å². The van der Waals surface area contributed by atoms with Gasteiger partial charge in [0.25, 0.3) is 0 Å².